The highest BCUT2D eigenvalue weighted by Gasteiger charge is 1.93. The molecular formula is C13H13NO. The summed E-state index contributed by atoms with van der Waals surface area (Å²) in [5.41, 5.74) is 5.25. The summed E-state index contributed by atoms with van der Waals surface area (Å²) in [6, 6.07) is 10.9. The zero-order valence-electron chi connectivity index (χ0n) is 8.60. The van der Waals surface area contributed by atoms with E-state index in [0.29, 0.717) is 0 Å². The Kier molecular flexibility index (Phi) is 4.62. The summed E-state index contributed by atoms with van der Waals surface area (Å²) >= 11 is 0. The molecule has 0 atom stereocenters. The van der Waals surface area contributed by atoms with Gasteiger partial charge < -0.3 is 10.5 Å². The lowest BCUT2D eigenvalue weighted by Gasteiger charge is -2.03. The van der Waals surface area contributed by atoms with Crippen molar-refractivity contribution in [3.8, 4) is 5.75 Å². The maximum Gasteiger partial charge on any atom is 0.136 e. The van der Waals surface area contributed by atoms with Gasteiger partial charge in [0.1, 0.15) is 11.5 Å². The van der Waals surface area contributed by atoms with Crippen LogP contribution in [0.5, 0.6) is 5.75 Å². The van der Waals surface area contributed by atoms with Gasteiger partial charge in [-0.15, -0.1) is 0 Å². The Morgan fingerprint density at radius 3 is 2.93 bits per heavy atom. The molecule has 0 heterocycles. The first-order valence-corrected chi connectivity index (χ1v) is 4.63. The molecule has 0 bridgehead atoms. The van der Waals surface area contributed by atoms with Gasteiger partial charge >= 0.3 is 0 Å². The molecule has 0 aliphatic rings. The Hall–Kier alpha value is -2.14. The van der Waals surface area contributed by atoms with E-state index in [1.54, 1.807) is 24.3 Å². The lowest BCUT2D eigenvalue weighted by atomic mass is 10.3. The summed E-state index contributed by atoms with van der Waals surface area (Å²) < 4.78 is 5.57. The second-order valence-electron chi connectivity index (χ2n) is 2.72. The van der Waals surface area contributed by atoms with Crippen LogP contribution in [0.25, 0.3) is 0 Å². The average molecular weight is 199 g/mol. The third kappa shape index (κ3) is 4.06. The first kappa shape index (κ1) is 10.9. The van der Waals surface area contributed by atoms with Crippen LogP contribution in [0.4, 0.5) is 0 Å². The fourth-order valence-electron chi connectivity index (χ4n) is 0.971. The first-order chi connectivity index (χ1) is 7.36. The van der Waals surface area contributed by atoms with E-state index in [-0.39, 0.29) is 0 Å². The zero-order chi connectivity index (χ0) is 10.9. The third-order valence-corrected chi connectivity index (χ3v) is 1.57. The van der Waals surface area contributed by atoms with E-state index >= 15 is 0 Å². The smallest absolute Gasteiger partial charge is 0.136 e. The fourth-order valence-corrected chi connectivity index (χ4v) is 0.971. The molecule has 0 saturated carbocycles. The van der Waals surface area contributed by atoms with Crippen molar-refractivity contribution in [2.75, 3.05) is 0 Å². The lowest BCUT2D eigenvalue weighted by Crippen LogP contribution is -1.91. The molecule has 0 fully saturated rings. The van der Waals surface area contributed by atoms with Crippen molar-refractivity contribution in [2.24, 2.45) is 5.73 Å². The molecule has 1 aromatic carbocycles. The number of ether oxygens (including phenoxy) is 1. The largest absolute Gasteiger partial charge is 0.457 e. The summed E-state index contributed by atoms with van der Waals surface area (Å²) in [7, 11) is 0. The Morgan fingerprint density at radius 1 is 1.47 bits per heavy atom. The minimum absolute atomic E-state index is 0.721. The van der Waals surface area contributed by atoms with Crippen LogP contribution in [-0.4, -0.2) is 0 Å². The number of hydrogen-bond acceptors (Lipinski definition) is 2. The van der Waals surface area contributed by atoms with Gasteiger partial charge in [0.2, 0.25) is 0 Å². The minimum Gasteiger partial charge on any atom is -0.457 e. The monoisotopic (exact) mass is 199 g/mol. The third-order valence-electron chi connectivity index (χ3n) is 1.57. The Bertz CT molecular complexity index is 363. The van der Waals surface area contributed by atoms with Crippen LogP contribution in [0.1, 0.15) is 6.92 Å². The quantitative estimate of drug-likeness (QED) is 0.597. The predicted molar refractivity (Wildman–Crippen MR) is 61.0 cm³/mol. The zero-order valence-corrected chi connectivity index (χ0v) is 8.60. The van der Waals surface area contributed by atoms with Gasteiger partial charge in [-0.25, -0.2) is 0 Å². The standard InChI is InChI=1S/C13H13NO/c1-2-7-12(10-6-11-14)15-13-8-4-3-5-9-13/h2,4,6-11H,14H2,1H3/b7-2-,11-6+,12-10+. The number of rotatable bonds is 4. The highest BCUT2D eigenvalue weighted by atomic mass is 16.5. The first-order valence-electron chi connectivity index (χ1n) is 4.63. The van der Waals surface area contributed by atoms with Crippen LogP contribution in [0.2, 0.25) is 0 Å². The van der Waals surface area contributed by atoms with E-state index in [1.165, 1.54) is 6.20 Å². The molecule has 0 aliphatic heterocycles. The van der Waals surface area contributed by atoms with E-state index < -0.39 is 0 Å². The molecule has 2 nitrogen and oxygen atoms in total. The van der Waals surface area contributed by atoms with E-state index in [0.717, 1.165) is 11.5 Å². The summed E-state index contributed by atoms with van der Waals surface area (Å²) in [4.78, 5) is 0. The van der Waals surface area contributed by atoms with Crippen LogP contribution in [0.3, 0.4) is 0 Å². The van der Waals surface area contributed by atoms with Crippen molar-refractivity contribution >= 4 is 0 Å². The Balaban J connectivity index is 2.76. The van der Waals surface area contributed by atoms with E-state index in [4.69, 9.17) is 10.5 Å². The van der Waals surface area contributed by atoms with E-state index in [2.05, 4.69) is 12.1 Å². The van der Waals surface area contributed by atoms with Gasteiger partial charge in [0.15, 0.2) is 0 Å². The number of hydrogen-bond donors (Lipinski definition) is 1. The van der Waals surface area contributed by atoms with E-state index in [1.807, 2.05) is 25.1 Å². The molecule has 15 heavy (non-hydrogen) atoms. The maximum atomic E-state index is 5.57. The molecule has 0 amide bonds. The Morgan fingerprint density at radius 2 is 2.33 bits per heavy atom. The Labute approximate surface area is 90.4 Å². The van der Waals surface area contributed by atoms with Crippen LogP contribution in [-0.2, 0) is 0 Å². The molecule has 0 saturated heterocycles. The fraction of sp³-hybridized carbons (Fsp3) is 0.0769. The number of allylic oxidation sites excluding steroid dienone is 4. The SMILES string of the molecule is C\C=C/C(=C\C=C\N)Oc1cc#ccc1. The van der Waals surface area contributed by atoms with Crippen LogP contribution >= 0.6 is 0 Å². The molecule has 2 heteroatoms. The topological polar surface area (TPSA) is 35.2 Å². The molecular weight excluding hydrogens is 186 g/mol. The van der Waals surface area contributed by atoms with Crippen molar-refractivity contribution in [3.05, 3.63) is 66.6 Å². The van der Waals surface area contributed by atoms with Crippen molar-refractivity contribution in [1.29, 1.82) is 0 Å². The molecule has 0 radical (unpaired) electrons. The summed E-state index contributed by atoms with van der Waals surface area (Å²) in [6.45, 7) is 1.92. The van der Waals surface area contributed by atoms with Gasteiger partial charge in [-0.1, -0.05) is 18.2 Å². The second-order valence-corrected chi connectivity index (χ2v) is 2.72. The highest BCUT2D eigenvalue weighted by Crippen LogP contribution is 2.11. The van der Waals surface area contributed by atoms with E-state index in [9.17, 15) is 0 Å². The average Bonchev–Trinajstić information content (AvgIpc) is 2.28. The van der Waals surface area contributed by atoms with Gasteiger partial charge in [0.25, 0.3) is 0 Å². The lowest BCUT2D eigenvalue weighted by molar-refractivity contribution is 0.444. The molecule has 1 rings (SSSR count). The normalized spacial score (nSPS) is 11.9. The molecule has 0 spiro atoms. The van der Waals surface area contributed by atoms with Gasteiger partial charge in [0.05, 0.1) is 0 Å². The van der Waals surface area contributed by atoms with Gasteiger partial charge in [-0.2, -0.15) is 0 Å². The minimum atomic E-state index is 0.721. The second kappa shape index (κ2) is 6.33. The molecule has 0 aromatic heterocycles. The highest BCUT2D eigenvalue weighted by molar-refractivity contribution is 5.26. The summed E-state index contributed by atoms with van der Waals surface area (Å²) in [5.74, 6) is 1.45. The molecule has 1 aromatic rings. The molecule has 2 N–H and O–H groups in total. The maximum absolute atomic E-state index is 5.57. The van der Waals surface area contributed by atoms with Crippen molar-refractivity contribution in [2.45, 2.75) is 6.92 Å². The summed E-state index contributed by atoms with van der Waals surface area (Å²) in [5, 5.41) is 0. The van der Waals surface area contributed by atoms with Gasteiger partial charge in [0, 0.05) is 6.07 Å². The number of nitrogens with two attached hydrogens (primary N) is 1. The van der Waals surface area contributed by atoms with Crippen LogP contribution < -0.4 is 10.5 Å². The predicted octanol–water partition coefficient (Wildman–Crippen LogP) is 2.60. The van der Waals surface area contributed by atoms with Crippen LogP contribution in [0.15, 0.2) is 54.5 Å². The van der Waals surface area contributed by atoms with Crippen molar-refractivity contribution in [1.82, 2.24) is 0 Å². The van der Waals surface area contributed by atoms with Gasteiger partial charge in [-0.05, 0) is 43.5 Å². The van der Waals surface area contributed by atoms with Crippen molar-refractivity contribution < 1.29 is 4.74 Å². The summed E-state index contributed by atoms with van der Waals surface area (Å²) in [6.07, 6.45) is 8.72. The van der Waals surface area contributed by atoms with Crippen LogP contribution in [0, 0.1) is 12.1 Å². The van der Waals surface area contributed by atoms with Gasteiger partial charge in [-0.3, -0.25) is 0 Å². The molecule has 76 valence electrons. The van der Waals surface area contributed by atoms with Crippen molar-refractivity contribution in [3.63, 3.8) is 0 Å². The molecule has 0 aliphatic carbocycles. The molecule has 0 unspecified atom stereocenters.